The van der Waals surface area contributed by atoms with Crippen molar-refractivity contribution >= 4 is 32.0 Å². The summed E-state index contributed by atoms with van der Waals surface area (Å²) >= 11 is 5.85. The fourth-order valence-corrected chi connectivity index (χ4v) is 1.59. The molecule has 0 heterocycles. The molecule has 2 heteroatoms. The molecule has 0 aromatic heterocycles. The molecular formula is C3H6Se2-2. The zero-order chi connectivity index (χ0) is 4.12. The minimum absolute atomic E-state index is 1.19. The van der Waals surface area contributed by atoms with E-state index in [1.54, 1.807) is 0 Å². The molecule has 0 rings (SSSR count). The fourth-order valence-electron chi connectivity index (χ4n) is 0.0589. The summed E-state index contributed by atoms with van der Waals surface area (Å²) in [4.78, 5) is 0. The van der Waals surface area contributed by atoms with E-state index in [9.17, 15) is 0 Å². The van der Waals surface area contributed by atoms with E-state index in [1.807, 2.05) is 0 Å². The van der Waals surface area contributed by atoms with Crippen LogP contribution >= 0.6 is 0 Å². The molecule has 0 aliphatic rings. The van der Waals surface area contributed by atoms with Crippen LogP contribution in [0.4, 0.5) is 0 Å². The van der Waals surface area contributed by atoms with Gasteiger partial charge in [0, 0.05) is 0 Å². The third-order valence-electron chi connectivity index (χ3n) is 0.289. The summed E-state index contributed by atoms with van der Waals surface area (Å²) in [6, 6.07) is 0. The molecule has 0 aliphatic carbocycles. The molecule has 32 valence electrons. The SMILES string of the molecule is [Se-]CCC[Se-]. The van der Waals surface area contributed by atoms with Crippen molar-refractivity contribution in [1.29, 1.82) is 0 Å². The van der Waals surface area contributed by atoms with Gasteiger partial charge in [0.2, 0.25) is 0 Å². The zero-order valence-electron chi connectivity index (χ0n) is 2.94. The van der Waals surface area contributed by atoms with Crippen molar-refractivity contribution in [1.82, 2.24) is 0 Å². The Morgan fingerprint density at radius 1 is 1.00 bits per heavy atom. The van der Waals surface area contributed by atoms with E-state index in [1.165, 1.54) is 17.1 Å². The van der Waals surface area contributed by atoms with Crippen LogP contribution in [0, 0.1) is 0 Å². The van der Waals surface area contributed by atoms with Gasteiger partial charge in [-0.2, -0.15) is 0 Å². The summed E-state index contributed by atoms with van der Waals surface area (Å²) in [5, 5.41) is 2.38. The second kappa shape index (κ2) is 5.04. The third-order valence-corrected chi connectivity index (χ3v) is 1.50. The van der Waals surface area contributed by atoms with Gasteiger partial charge < -0.3 is 0 Å². The predicted molar refractivity (Wildman–Crippen MR) is 25.7 cm³/mol. The van der Waals surface area contributed by atoms with Gasteiger partial charge >= 0.3 is 49.1 Å². The number of hydrogen-bond acceptors (Lipinski definition) is 0. The average molecular weight is 200 g/mol. The molecule has 0 aromatic carbocycles. The fraction of sp³-hybridized carbons (Fsp3) is 1.00. The van der Waals surface area contributed by atoms with Crippen molar-refractivity contribution in [3.05, 3.63) is 0 Å². The summed E-state index contributed by atoms with van der Waals surface area (Å²) in [5.74, 6) is 0. The summed E-state index contributed by atoms with van der Waals surface area (Å²) in [5.41, 5.74) is 0. The first-order chi connectivity index (χ1) is 2.41. The normalized spacial score (nSPS) is 8.40. The minimum atomic E-state index is 1.19. The first kappa shape index (κ1) is 6.04. The van der Waals surface area contributed by atoms with Gasteiger partial charge in [0.25, 0.3) is 0 Å². The van der Waals surface area contributed by atoms with Crippen LogP contribution in [0.3, 0.4) is 0 Å². The second-order valence-corrected chi connectivity index (χ2v) is 2.47. The molecule has 5 heavy (non-hydrogen) atoms. The third kappa shape index (κ3) is 5.04. The molecule has 0 nitrogen and oxygen atoms in total. The molecular weight excluding hydrogens is 194 g/mol. The molecule has 0 bridgehead atoms. The second-order valence-electron chi connectivity index (χ2n) is 0.762. The Hall–Kier alpha value is 1.04. The van der Waals surface area contributed by atoms with Crippen LogP contribution in [0.15, 0.2) is 0 Å². The van der Waals surface area contributed by atoms with E-state index in [0.29, 0.717) is 0 Å². The van der Waals surface area contributed by atoms with E-state index in [-0.39, 0.29) is 0 Å². The van der Waals surface area contributed by atoms with E-state index in [4.69, 9.17) is 0 Å². The van der Waals surface area contributed by atoms with Crippen molar-refractivity contribution < 1.29 is 0 Å². The molecule has 0 aromatic rings. The first-order valence-electron chi connectivity index (χ1n) is 1.58. The van der Waals surface area contributed by atoms with Crippen molar-refractivity contribution in [3.63, 3.8) is 0 Å². The van der Waals surface area contributed by atoms with E-state index >= 15 is 0 Å². The molecule has 0 spiro atoms. The Morgan fingerprint density at radius 2 is 1.40 bits per heavy atom. The number of hydrogen-bond donors (Lipinski definition) is 0. The van der Waals surface area contributed by atoms with Gasteiger partial charge in [-0.1, -0.05) is 0 Å². The van der Waals surface area contributed by atoms with Gasteiger partial charge in [-0.15, -0.1) is 0 Å². The van der Waals surface area contributed by atoms with Gasteiger partial charge in [-0.3, -0.25) is 0 Å². The van der Waals surface area contributed by atoms with Crippen molar-refractivity contribution in [3.8, 4) is 0 Å². The molecule has 0 unspecified atom stereocenters. The number of rotatable bonds is 2. The van der Waals surface area contributed by atoms with Gasteiger partial charge in [-0.25, -0.2) is 0 Å². The van der Waals surface area contributed by atoms with Gasteiger partial charge in [0.1, 0.15) is 0 Å². The monoisotopic (exact) mass is 202 g/mol. The molecule has 0 atom stereocenters. The Balaban J connectivity index is 2.19. The van der Waals surface area contributed by atoms with E-state index in [0.717, 1.165) is 0 Å². The molecule has 0 N–H and O–H groups in total. The Bertz CT molecular complexity index is 12.4. The standard InChI is InChI=1S/C3H8Se2/c4-2-1-3-5/h4-5H,1-3H2/p-2. The Labute approximate surface area is 49.3 Å². The van der Waals surface area contributed by atoms with Crippen molar-refractivity contribution in [2.75, 3.05) is 0 Å². The van der Waals surface area contributed by atoms with Gasteiger partial charge in [-0.05, 0) is 0 Å². The van der Waals surface area contributed by atoms with Crippen LogP contribution in [-0.2, 0) is 0 Å². The van der Waals surface area contributed by atoms with Crippen LogP contribution in [0.2, 0.25) is 10.6 Å². The summed E-state index contributed by atoms with van der Waals surface area (Å²) in [7, 11) is 0. The van der Waals surface area contributed by atoms with Gasteiger partial charge in [0.15, 0.2) is 0 Å². The van der Waals surface area contributed by atoms with Crippen molar-refractivity contribution in [2.24, 2.45) is 0 Å². The van der Waals surface area contributed by atoms with Crippen LogP contribution in [0.1, 0.15) is 6.42 Å². The quantitative estimate of drug-likeness (QED) is 0.571. The Morgan fingerprint density at radius 3 is 1.40 bits per heavy atom. The van der Waals surface area contributed by atoms with Gasteiger partial charge in [0.05, 0.1) is 0 Å². The van der Waals surface area contributed by atoms with Crippen LogP contribution < -0.4 is 0 Å². The predicted octanol–water partition coefficient (Wildman–Crippen LogP) is 0.550. The molecule has 0 saturated carbocycles. The first-order valence-corrected chi connectivity index (χ1v) is 4.00. The molecule has 0 saturated heterocycles. The average Bonchev–Trinajstić information content (AvgIpc) is 1.41. The molecule has 0 amide bonds. The Kier molecular flexibility index (Phi) is 6.09. The molecule has 0 aliphatic heterocycles. The summed E-state index contributed by atoms with van der Waals surface area (Å²) < 4.78 is 0. The molecule has 0 fully saturated rings. The van der Waals surface area contributed by atoms with Crippen LogP contribution in [0.5, 0.6) is 0 Å². The zero-order valence-corrected chi connectivity index (χ0v) is 6.36. The molecule has 0 radical (unpaired) electrons. The maximum absolute atomic E-state index is 2.92. The van der Waals surface area contributed by atoms with Crippen LogP contribution in [-0.4, -0.2) is 32.0 Å². The van der Waals surface area contributed by atoms with E-state index < -0.39 is 0 Å². The summed E-state index contributed by atoms with van der Waals surface area (Å²) in [6.07, 6.45) is 1.28. The van der Waals surface area contributed by atoms with E-state index in [2.05, 4.69) is 32.0 Å². The van der Waals surface area contributed by atoms with Crippen molar-refractivity contribution in [2.45, 2.75) is 17.1 Å². The topological polar surface area (TPSA) is 0 Å². The maximum atomic E-state index is 2.92. The summed E-state index contributed by atoms with van der Waals surface area (Å²) in [6.45, 7) is 0. The van der Waals surface area contributed by atoms with Crippen LogP contribution in [0.25, 0.3) is 0 Å².